The van der Waals surface area contributed by atoms with Crippen LogP contribution in [-0.2, 0) is 9.59 Å². The van der Waals surface area contributed by atoms with Crippen LogP contribution in [0.1, 0.15) is 27.0 Å². The Morgan fingerprint density at radius 2 is 1.48 bits per heavy atom. The van der Waals surface area contributed by atoms with Crippen LogP contribution in [0.4, 0.5) is 5.69 Å². The first-order chi connectivity index (χ1) is 14.8. The van der Waals surface area contributed by atoms with E-state index in [2.05, 4.69) is 10.6 Å². The van der Waals surface area contributed by atoms with Gasteiger partial charge in [-0.1, -0.05) is 35.9 Å². The van der Waals surface area contributed by atoms with Crippen molar-refractivity contribution in [2.24, 2.45) is 0 Å². The molecule has 0 saturated carbocycles. The quantitative estimate of drug-likeness (QED) is 0.747. The number of amides is 3. The number of rotatable bonds is 6. The smallest absolute Gasteiger partial charge is 0.251 e. The SMILES string of the molecule is Cc1ccc(C(=O)NCC(=O)N2CCN(CC(=O)Nc3c(C)cccc3C)CC2)cc1. The molecule has 7 heteroatoms. The van der Waals surface area contributed by atoms with Gasteiger partial charge in [-0.2, -0.15) is 0 Å². The van der Waals surface area contributed by atoms with Gasteiger partial charge in [0.1, 0.15) is 0 Å². The van der Waals surface area contributed by atoms with Crippen LogP contribution in [0.25, 0.3) is 0 Å². The van der Waals surface area contributed by atoms with E-state index in [1.165, 1.54) is 0 Å². The molecular weight excluding hydrogens is 392 g/mol. The normalized spacial score (nSPS) is 14.2. The summed E-state index contributed by atoms with van der Waals surface area (Å²) in [6.45, 7) is 8.49. The molecule has 0 aromatic heterocycles. The van der Waals surface area contributed by atoms with E-state index in [4.69, 9.17) is 0 Å². The molecule has 1 aliphatic heterocycles. The fourth-order valence-corrected chi connectivity index (χ4v) is 3.62. The molecule has 1 fully saturated rings. The fourth-order valence-electron chi connectivity index (χ4n) is 3.62. The van der Waals surface area contributed by atoms with Crippen molar-refractivity contribution in [3.63, 3.8) is 0 Å². The molecule has 0 aliphatic carbocycles. The minimum absolute atomic E-state index is 0.0280. The summed E-state index contributed by atoms with van der Waals surface area (Å²) >= 11 is 0. The first kappa shape index (κ1) is 22.5. The van der Waals surface area contributed by atoms with Crippen LogP contribution < -0.4 is 10.6 Å². The van der Waals surface area contributed by atoms with Crippen LogP contribution in [0.5, 0.6) is 0 Å². The Hall–Kier alpha value is -3.19. The maximum atomic E-state index is 12.5. The molecule has 164 valence electrons. The van der Waals surface area contributed by atoms with Gasteiger partial charge in [-0.25, -0.2) is 0 Å². The highest BCUT2D eigenvalue weighted by Crippen LogP contribution is 2.19. The molecule has 2 N–H and O–H groups in total. The third-order valence-corrected chi connectivity index (χ3v) is 5.55. The summed E-state index contributed by atoms with van der Waals surface area (Å²) in [7, 11) is 0. The maximum Gasteiger partial charge on any atom is 0.251 e. The minimum atomic E-state index is -0.254. The number of piperazine rings is 1. The van der Waals surface area contributed by atoms with Crippen LogP contribution in [0.15, 0.2) is 42.5 Å². The molecule has 1 aliphatic rings. The second-order valence-electron chi connectivity index (χ2n) is 8.02. The van der Waals surface area contributed by atoms with Gasteiger partial charge in [-0.3, -0.25) is 19.3 Å². The van der Waals surface area contributed by atoms with E-state index in [9.17, 15) is 14.4 Å². The summed E-state index contributed by atoms with van der Waals surface area (Å²) in [5.74, 6) is -0.419. The second kappa shape index (κ2) is 10.2. The average Bonchev–Trinajstić information content (AvgIpc) is 2.75. The first-order valence-corrected chi connectivity index (χ1v) is 10.5. The Balaban J connectivity index is 1.41. The lowest BCUT2D eigenvalue weighted by Crippen LogP contribution is -2.52. The summed E-state index contributed by atoms with van der Waals surface area (Å²) in [6.07, 6.45) is 0. The first-order valence-electron chi connectivity index (χ1n) is 10.5. The van der Waals surface area contributed by atoms with Gasteiger partial charge < -0.3 is 15.5 Å². The van der Waals surface area contributed by atoms with Crippen LogP contribution in [0.3, 0.4) is 0 Å². The Kier molecular flexibility index (Phi) is 7.41. The molecule has 0 atom stereocenters. The van der Waals surface area contributed by atoms with E-state index < -0.39 is 0 Å². The highest BCUT2D eigenvalue weighted by molar-refractivity contribution is 5.96. The zero-order valence-electron chi connectivity index (χ0n) is 18.4. The summed E-state index contributed by atoms with van der Waals surface area (Å²) in [5, 5.41) is 5.69. The Bertz CT molecular complexity index is 928. The lowest BCUT2D eigenvalue weighted by atomic mass is 10.1. The van der Waals surface area contributed by atoms with E-state index in [-0.39, 0.29) is 24.3 Å². The molecule has 2 aromatic carbocycles. The molecule has 3 amide bonds. The zero-order valence-corrected chi connectivity index (χ0v) is 18.4. The van der Waals surface area contributed by atoms with Gasteiger partial charge in [-0.15, -0.1) is 0 Å². The zero-order chi connectivity index (χ0) is 22.4. The number of nitrogens with zero attached hydrogens (tertiary/aromatic N) is 2. The molecule has 1 heterocycles. The number of carbonyl (C=O) groups excluding carboxylic acids is 3. The minimum Gasteiger partial charge on any atom is -0.343 e. The molecule has 3 rings (SSSR count). The summed E-state index contributed by atoms with van der Waals surface area (Å²) in [5.41, 5.74) is 4.56. The van der Waals surface area contributed by atoms with Crippen molar-refractivity contribution < 1.29 is 14.4 Å². The van der Waals surface area contributed by atoms with Crippen molar-refractivity contribution in [1.29, 1.82) is 0 Å². The molecule has 0 radical (unpaired) electrons. The Labute approximate surface area is 183 Å². The standard InChI is InChI=1S/C24H30N4O3/c1-17-7-9-20(10-8-17)24(31)25-15-22(30)28-13-11-27(12-14-28)16-21(29)26-23-18(2)5-4-6-19(23)3/h4-10H,11-16H2,1-3H3,(H,25,31)(H,26,29). The fraction of sp³-hybridized carbons (Fsp3) is 0.375. The third kappa shape index (κ3) is 6.15. The van der Waals surface area contributed by atoms with Crippen LogP contribution >= 0.6 is 0 Å². The highest BCUT2D eigenvalue weighted by Gasteiger charge is 2.23. The van der Waals surface area contributed by atoms with Gasteiger partial charge in [0.25, 0.3) is 5.91 Å². The maximum absolute atomic E-state index is 12.5. The number of aryl methyl sites for hydroxylation is 3. The van der Waals surface area contributed by atoms with Crippen LogP contribution in [0, 0.1) is 20.8 Å². The number of hydrogen-bond acceptors (Lipinski definition) is 4. The van der Waals surface area contributed by atoms with E-state index in [1.807, 2.05) is 56.0 Å². The number of hydrogen-bond donors (Lipinski definition) is 2. The summed E-state index contributed by atoms with van der Waals surface area (Å²) in [4.78, 5) is 40.8. The van der Waals surface area contributed by atoms with Gasteiger partial charge in [0.05, 0.1) is 13.1 Å². The van der Waals surface area contributed by atoms with Crippen LogP contribution in [-0.4, -0.2) is 66.8 Å². The van der Waals surface area contributed by atoms with Gasteiger partial charge in [0, 0.05) is 37.4 Å². The number of nitrogens with one attached hydrogen (secondary N) is 2. The van der Waals surface area contributed by atoms with E-state index in [0.29, 0.717) is 38.3 Å². The van der Waals surface area contributed by atoms with Crippen molar-refractivity contribution in [3.05, 3.63) is 64.7 Å². The van der Waals surface area contributed by atoms with Gasteiger partial charge in [0.2, 0.25) is 11.8 Å². The number of carbonyl (C=O) groups is 3. The van der Waals surface area contributed by atoms with Gasteiger partial charge in [-0.05, 0) is 44.0 Å². The lowest BCUT2D eigenvalue weighted by molar-refractivity contribution is -0.132. The number of benzene rings is 2. The molecule has 7 nitrogen and oxygen atoms in total. The van der Waals surface area contributed by atoms with Crippen molar-refractivity contribution >= 4 is 23.4 Å². The molecule has 0 unspecified atom stereocenters. The van der Waals surface area contributed by atoms with Gasteiger partial charge >= 0.3 is 0 Å². The molecule has 1 saturated heterocycles. The summed E-state index contributed by atoms with van der Waals surface area (Å²) < 4.78 is 0. The largest absolute Gasteiger partial charge is 0.343 e. The summed E-state index contributed by atoms with van der Waals surface area (Å²) in [6, 6.07) is 13.2. The second-order valence-corrected chi connectivity index (χ2v) is 8.02. The monoisotopic (exact) mass is 422 g/mol. The topological polar surface area (TPSA) is 81.8 Å². The van der Waals surface area contributed by atoms with Crippen molar-refractivity contribution in [1.82, 2.24) is 15.1 Å². The number of para-hydroxylation sites is 1. The lowest BCUT2D eigenvalue weighted by Gasteiger charge is -2.34. The predicted molar refractivity (Wildman–Crippen MR) is 121 cm³/mol. The molecule has 31 heavy (non-hydrogen) atoms. The van der Waals surface area contributed by atoms with Crippen molar-refractivity contribution in [3.8, 4) is 0 Å². The predicted octanol–water partition coefficient (Wildman–Crippen LogP) is 2.12. The molecule has 2 aromatic rings. The van der Waals surface area contributed by atoms with Crippen molar-refractivity contribution in [2.45, 2.75) is 20.8 Å². The van der Waals surface area contributed by atoms with E-state index in [1.54, 1.807) is 17.0 Å². The van der Waals surface area contributed by atoms with Crippen LogP contribution in [0.2, 0.25) is 0 Å². The molecule has 0 bridgehead atoms. The number of anilines is 1. The third-order valence-electron chi connectivity index (χ3n) is 5.55. The highest BCUT2D eigenvalue weighted by atomic mass is 16.2. The average molecular weight is 423 g/mol. The van der Waals surface area contributed by atoms with E-state index >= 15 is 0 Å². The molecule has 0 spiro atoms. The molecular formula is C24H30N4O3. The van der Waals surface area contributed by atoms with E-state index in [0.717, 1.165) is 22.4 Å². The van der Waals surface area contributed by atoms with Crippen molar-refractivity contribution in [2.75, 3.05) is 44.6 Å². The Morgan fingerprint density at radius 1 is 0.871 bits per heavy atom. The van der Waals surface area contributed by atoms with Gasteiger partial charge in [0.15, 0.2) is 0 Å². The Morgan fingerprint density at radius 3 is 2.10 bits per heavy atom.